The second-order valence-corrected chi connectivity index (χ2v) is 5.63. The van der Waals surface area contributed by atoms with Crippen molar-refractivity contribution in [3.8, 4) is 0 Å². The van der Waals surface area contributed by atoms with Gasteiger partial charge in [-0.15, -0.1) is 0 Å². The number of carbonyl (C=O) groups excluding carboxylic acids is 2. The van der Waals surface area contributed by atoms with Crippen LogP contribution in [-0.4, -0.2) is 29.3 Å². The maximum absolute atomic E-state index is 13.0. The molecular formula is C17H14FN3O4. The lowest BCUT2D eigenvalue weighted by molar-refractivity contribution is -0.385. The predicted octanol–water partition coefficient (Wildman–Crippen LogP) is 2.27. The van der Waals surface area contributed by atoms with Gasteiger partial charge in [0.1, 0.15) is 11.4 Å². The van der Waals surface area contributed by atoms with Gasteiger partial charge in [-0.05, 0) is 30.3 Å². The maximum Gasteiger partial charge on any atom is 0.282 e. The summed E-state index contributed by atoms with van der Waals surface area (Å²) in [6.07, 6.45) is 0.0732. The van der Waals surface area contributed by atoms with Crippen molar-refractivity contribution in [1.29, 1.82) is 0 Å². The first kappa shape index (κ1) is 16.6. The van der Waals surface area contributed by atoms with Crippen molar-refractivity contribution >= 4 is 23.2 Å². The van der Waals surface area contributed by atoms with Crippen LogP contribution in [0.2, 0.25) is 0 Å². The third-order valence-electron chi connectivity index (χ3n) is 3.94. The Kier molecular flexibility index (Phi) is 4.42. The summed E-state index contributed by atoms with van der Waals surface area (Å²) in [5.41, 5.74) is 0.189. The molecule has 8 heteroatoms. The molecule has 25 heavy (non-hydrogen) atoms. The lowest BCUT2D eigenvalue weighted by Crippen LogP contribution is -2.37. The minimum atomic E-state index is -0.625. The third kappa shape index (κ3) is 3.47. The molecule has 3 rings (SSSR count). The number of nitrogens with one attached hydrogen (secondary N) is 1. The Labute approximate surface area is 142 Å². The first-order valence-electron chi connectivity index (χ1n) is 7.56. The average molecular weight is 343 g/mol. The zero-order valence-electron chi connectivity index (χ0n) is 13.0. The second kappa shape index (κ2) is 6.68. The lowest BCUT2D eigenvalue weighted by atomic mass is 10.1. The van der Waals surface area contributed by atoms with Crippen molar-refractivity contribution < 1.29 is 18.9 Å². The molecule has 2 aromatic rings. The zero-order valence-corrected chi connectivity index (χ0v) is 13.0. The summed E-state index contributed by atoms with van der Waals surface area (Å²) in [4.78, 5) is 36.3. The maximum atomic E-state index is 13.0. The number of nitrogens with zero attached hydrogens (tertiary/aromatic N) is 2. The highest BCUT2D eigenvalue weighted by atomic mass is 19.1. The van der Waals surface area contributed by atoms with Crippen LogP contribution in [0.25, 0.3) is 0 Å². The largest absolute Gasteiger partial charge is 0.347 e. The smallest absolute Gasteiger partial charge is 0.282 e. The summed E-state index contributed by atoms with van der Waals surface area (Å²) in [6.45, 7) is 0.219. The van der Waals surface area contributed by atoms with Gasteiger partial charge >= 0.3 is 0 Å². The van der Waals surface area contributed by atoms with Gasteiger partial charge in [0, 0.05) is 24.7 Å². The standard InChI is InChI=1S/C17H14FN3O4/c18-11-5-7-13(8-6-11)20-10-12(9-16(20)22)19-17(23)14-3-1-2-4-15(14)21(24)25/h1-8,12H,9-10H2,(H,19,23)/t12-/m1/s1. The van der Waals surface area contributed by atoms with Gasteiger partial charge in [0.25, 0.3) is 11.6 Å². The fourth-order valence-corrected chi connectivity index (χ4v) is 2.76. The predicted molar refractivity (Wildman–Crippen MR) is 87.7 cm³/mol. The van der Waals surface area contributed by atoms with Gasteiger partial charge in [-0.1, -0.05) is 12.1 Å². The van der Waals surface area contributed by atoms with Crippen molar-refractivity contribution in [1.82, 2.24) is 5.32 Å². The fourth-order valence-electron chi connectivity index (χ4n) is 2.76. The van der Waals surface area contributed by atoms with Crippen LogP contribution < -0.4 is 10.2 Å². The molecule has 0 aliphatic carbocycles. The van der Waals surface area contributed by atoms with Crippen LogP contribution in [0.15, 0.2) is 48.5 Å². The molecule has 7 nitrogen and oxygen atoms in total. The number of nitro groups is 1. The van der Waals surface area contributed by atoms with Crippen molar-refractivity contribution in [2.24, 2.45) is 0 Å². The topological polar surface area (TPSA) is 92.6 Å². The molecule has 1 aliphatic rings. The molecule has 1 heterocycles. The molecule has 1 aliphatic heterocycles. The minimum absolute atomic E-state index is 0.0554. The number of nitro benzene ring substituents is 1. The summed E-state index contributed by atoms with van der Waals surface area (Å²) in [7, 11) is 0. The van der Waals surface area contributed by atoms with E-state index in [0.29, 0.717) is 5.69 Å². The molecule has 0 bridgehead atoms. The van der Waals surface area contributed by atoms with Crippen LogP contribution >= 0.6 is 0 Å². The van der Waals surface area contributed by atoms with Crippen molar-refractivity contribution in [3.05, 3.63) is 70.0 Å². The van der Waals surface area contributed by atoms with E-state index >= 15 is 0 Å². The molecule has 1 fully saturated rings. The Balaban J connectivity index is 1.72. The van der Waals surface area contributed by atoms with Gasteiger partial charge in [0.2, 0.25) is 5.91 Å². The summed E-state index contributed by atoms with van der Waals surface area (Å²) in [6, 6.07) is 10.6. The average Bonchev–Trinajstić information content (AvgIpc) is 2.95. The molecule has 0 spiro atoms. The van der Waals surface area contributed by atoms with Crippen LogP contribution in [0.5, 0.6) is 0 Å². The highest BCUT2D eigenvalue weighted by Gasteiger charge is 2.32. The molecule has 0 saturated carbocycles. The van der Waals surface area contributed by atoms with Crippen LogP contribution in [0.3, 0.4) is 0 Å². The fraction of sp³-hybridized carbons (Fsp3) is 0.176. The molecule has 0 aromatic heterocycles. The number of halogens is 1. The third-order valence-corrected chi connectivity index (χ3v) is 3.94. The zero-order chi connectivity index (χ0) is 18.0. The van der Waals surface area contributed by atoms with Gasteiger partial charge in [-0.3, -0.25) is 19.7 Å². The Morgan fingerprint density at radius 3 is 2.56 bits per heavy atom. The summed E-state index contributed by atoms with van der Waals surface area (Å²) < 4.78 is 13.0. The van der Waals surface area contributed by atoms with Gasteiger partial charge in [-0.25, -0.2) is 4.39 Å². The normalized spacial score (nSPS) is 16.8. The van der Waals surface area contributed by atoms with Crippen molar-refractivity contribution in [2.45, 2.75) is 12.5 Å². The van der Waals surface area contributed by atoms with E-state index in [1.54, 1.807) is 0 Å². The quantitative estimate of drug-likeness (QED) is 0.681. The summed E-state index contributed by atoms with van der Waals surface area (Å²) >= 11 is 0. The van der Waals surface area contributed by atoms with E-state index in [1.807, 2.05) is 0 Å². The number of rotatable bonds is 4. The van der Waals surface area contributed by atoms with Gasteiger partial charge < -0.3 is 10.2 Å². The minimum Gasteiger partial charge on any atom is -0.347 e. The van der Waals surface area contributed by atoms with E-state index < -0.39 is 22.7 Å². The van der Waals surface area contributed by atoms with Crippen molar-refractivity contribution in [3.63, 3.8) is 0 Å². The molecule has 128 valence electrons. The number of carbonyl (C=O) groups is 2. The van der Waals surface area contributed by atoms with E-state index in [9.17, 15) is 24.1 Å². The molecular weight excluding hydrogens is 329 g/mol. The van der Waals surface area contributed by atoms with E-state index in [0.717, 1.165) is 0 Å². The van der Waals surface area contributed by atoms with Crippen LogP contribution in [0.4, 0.5) is 15.8 Å². The first-order chi connectivity index (χ1) is 12.0. The van der Waals surface area contributed by atoms with Crippen molar-refractivity contribution in [2.75, 3.05) is 11.4 Å². The first-order valence-corrected chi connectivity index (χ1v) is 7.56. The monoisotopic (exact) mass is 343 g/mol. The Hall–Kier alpha value is -3.29. The molecule has 1 atom stereocenters. The Morgan fingerprint density at radius 2 is 1.88 bits per heavy atom. The summed E-state index contributed by atoms with van der Waals surface area (Å²) in [5, 5.41) is 13.7. The van der Waals surface area contributed by atoms with E-state index in [1.165, 1.54) is 53.4 Å². The molecule has 2 amide bonds. The SMILES string of the molecule is O=C(N[C@@H]1CC(=O)N(c2ccc(F)cc2)C1)c1ccccc1[N+](=O)[O-]. The Bertz CT molecular complexity index is 838. The van der Waals surface area contributed by atoms with Gasteiger partial charge in [-0.2, -0.15) is 0 Å². The van der Waals surface area contributed by atoms with E-state index in [-0.39, 0.29) is 30.1 Å². The summed E-state index contributed by atoms with van der Waals surface area (Å²) in [5.74, 6) is -1.22. The number of hydrogen-bond acceptors (Lipinski definition) is 4. The molecule has 1 N–H and O–H groups in total. The molecule has 1 saturated heterocycles. The van der Waals surface area contributed by atoms with E-state index in [4.69, 9.17) is 0 Å². The van der Waals surface area contributed by atoms with E-state index in [2.05, 4.69) is 5.32 Å². The second-order valence-electron chi connectivity index (χ2n) is 5.63. The van der Waals surface area contributed by atoms with Crippen LogP contribution in [-0.2, 0) is 4.79 Å². The highest BCUT2D eigenvalue weighted by molar-refractivity contribution is 6.00. The number of anilines is 1. The van der Waals surface area contributed by atoms with Crippen LogP contribution in [0, 0.1) is 15.9 Å². The molecule has 0 radical (unpaired) electrons. The van der Waals surface area contributed by atoms with Gasteiger partial charge in [0.15, 0.2) is 0 Å². The molecule has 2 aromatic carbocycles. The Morgan fingerprint density at radius 1 is 1.20 bits per heavy atom. The number of amides is 2. The number of para-hydroxylation sites is 1. The van der Waals surface area contributed by atoms with Crippen LogP contribution in [0.1, 0.15) is 16.8 Å². The number of hydrogen-bond donors (Lipinski definition) is 1. The van der Waals surface area contributed by atoms with Gasteiger partial charge in [0.05, 0.1) is 11.0 Å². The number of benzene rings is 2. The molecule has 0 unspecified atom stereocenters. The lowest BCUT2D eigenvalue weighted by Gasteiger charge is -2.17. The highest BCUT2D eigenvalue weighted by Crippen LogP contribution is 2.23.